The normalized spacial score (nSPS) is 21.3. The Bertz CT molecular complexity index is 2870. The van der Waals surface area contributed by atoms with E-state index in [1.54, 1.807) is 0 Å². The topological polar surface area (TPSA) is 385 Å². The van der Waals surface area contributed by atoms with E-state index in [2.05, 4.69) is 0 Å². The highest BCUT2D eigenvalue weighted by atomic mass is 16.7. The molecule has 22 nitrogen and oxygen atoms in total. The van der Waals surface area contributed by atoms with Crippen LogP contribution in [0.5, 0.6) is 57.5 Å². The molecule has 0 spiro atoms. The van der Waals surface area contributed by atoms with Gasteiger partial charge in [0.15, 0.2) is 58.1 Å². The Balaban J connectivity index is 1.62. The summed E-state index contributed by atoms with van der Waals surface area (Å²) in [5, 5.41) is 138. The van der Waals surface area contributed by atoms with Crippen molar-refractivity contribution in [2.45, 2.75) is 30.7 Å². The zero-order valence-electron chi connectivity index (χ0n) is 27.2. The first-order valence-electron chi connectivity index (χ1n) is 15.7. The van der Waals surface area contributed by atoms with Crippen LogP contribution in [-0.2, 0) is 14.2 Å². The second-order valence-electron chi connectivity index (χ2n) is 12.6. The molecule has 6 aromatic rings. The summed E-state index contributed by atoms with van der Waals surface area (Å²) in [6.45, 7) is -1.08. The van der Waals surface area contributed by atoms with Crippen LogP contribution in [0.3, 0.4) is 0 Å². The van der Waals surface area contributed by atoms with E-state index in [0.29, 0.717) is 12.1 Å². The summed E-state index contributed by atoms with van der Waals surface area (Å²) in [5.74, 6) is -17.3. The van der Waals surface area contributed by atoms with Crippen molar-refractivity contribution in [1.29, 1.82) is 0 Å². The van der Waals surface area contributed by atoms with Crippen LogP contribution in [0.1, 0.15) is 20.7 Å². The van der Waals surface area contributed by atoms with E-state index in [1.807, 2.05) is 0 Å². The predicted octanol–water partition coefficient (Wildman–Crippen LogP) is 0.0152. The molecular formula is C34H22O22. The van der Waals surface area contributed by atoms with Gasteiger partial charge in [-0.3, -0.25) is 0 Å². The number of carbonyl (C=O) groups excluding carboxylic acids is 2. The van der Waals surface area contributed by atoms with Crippen LogP contribution in [0.25, 0.3) is 55.0 Å². The van der Waals surface area contributed by atoms with Crippen LogP contribution in [0.2, 0.25) is 0 Å². The number of ether oxygens (including phenoxy) is 3. The number of hydrogen-bond donors (Lipinski definition) is 13. The van der Waals surface area contributed by atoms with E-state index >= 15 is 0 Å². The van der Waals surface area contributed by atoms with E-state index in [9.17, 15) is 85.6 Å². The van der Waals surface area contributed by atoms with Crippen LogP contribution in [-0.4, -0.2) is 116 Å². The van der Waals surface area contributed by atoms with Crippen molar-refractivity contribution >= 4 is 44.6 Å². The molecule has 0 saturated carbocycles. The Morgan fingerprint density at radius 1 is 0.500 bits per heavy atom. The molecule has 3 aliphatic rings. The maximum absolute atomic E-state index is 13.9. The fourth-order valence-electron chi connectivity index (χ4n) is 6.99. The van der Waals surface area contributed by atoms with Gasteiger partial charge in [0.25, 0.3) is 0 Å². The quantitative estimate of drug-likeness (QED) is 0.0418. The van der Waals surface area contributed by atoms with Gasteiger partial charge in [0.1, 0.15) is 24.9 Å². The first-order chi connectivity index (χ1) is 26.4. The van der Waals surface area contributed by atoms with E-state index < -0.39 is 184 Å². The number of esters is 2. The van der Waals surface area contributed by atoms with Crippen molar-refractivity contribution in [3.63, 3.8) is 0 Å². The second kappa shape index (κ2) is 11.8. The number of hydrogen-bond acceptors (Lipinski definition) is 22. The molecule has 5 atom stereocenters. The molecule has 2 aromatic heterocycles. The lowest BCUT2D eigenvalue weighted by Crippen LogP contribution is -2.60. The van der Waals surface area contributed by atoms with Crippen molar-refractivity contribution in [3.8, 4) is 79.7 Å². The molecule has 9 rings (SSSR count). The first-order valence-corrected chi connectivity index (χ1v) is 15.7. The largest absolute Gasteiger partial charge is 0.504 e. The molecule has 8 bridgehead atoms. The molecule has 0 radical (unpaired) electrons. The maximum Gasteiger partial charge on any atom is 0.345 e. The number of carbonyl (C=O) groups is 2. The third-order valence-electron chi connectivity index (χ3n) is 9.59. The zero-order valence-corrected chi connectivity index (χ0v) is 27.2. The number of aliphatic hydroxyl groups excluding tert-OH is 3. The molecule has 4 aromatic carbocycles. The summed E-state index contributed by atoms with van der Waals surface area (Å²) in [6.07, 6.45) is -10.9. The summed E-state index contributed by atoms with van der Waals surface area (Å²) in [4.78, 5) is 55.1. The number of benzene rings is 4. The SMILES string of the molecule is O=C1OC[C@H]2O[C@@H](O)[C@H](OC(=O)c3cc(O)c(O)c(O)c3-c3c(O)c(O)c4oc(=O)c5c(c(O)c(O)c6oc(=O)c3c4c65)-c3c1cc(O)c(O)c3O)[C@@H](O)[C@@H]2O. The van der Waals surface area contributed by atoms with Gasteiger partial charge in [0.2, 0.25) is 23.0 Å². The van der Waals surface area contributed by atoms with Gasteiger partial charge >= 0.3 is 23.2 Å². The van der Waals surface area contributed by atoms with E-state index in [1.165, 1.54) is 0 Å². The zero-order chi connectivity index (χ0) is 40.6. The third-order valence-corrected chi connectivity index (χ3v) is 9.59. The van der Waals surface area contributed by atoms with Crippen molar-refractivity contribution in [2.24, 2.45) is 0 Å². The molecule has 0 unspecified atom stereocenters. The lowest BCUT2D eigenvalue weighted by atomic mass is 9.87. The van der Waals surface area contributed by atoms with Crippen LogP contribution < -0.4 is 11.3 Å². The number of aromatic hydroxyl groups is 10. The van der Waals surface area contributed by atoms with Crippen LogP contribution >= 0.6 is 0 Å². The predicted molar refractivity (Wildman–Crippen MR) is 177 cm³/mol. The highest BCUT2D eigenvalue weighted by molar-refractivity contribution is 6.29. The smallest absolute Gasteiger partial charge is 0.345 e. The van der Waals surface area contributed by atoms with Crippen LogP contribution in [0, 0.1) is 0 Å². The molecule has 22 heteroatoms. The van der Waals surface area contributed by atoms with Gasteiger partial charge in [0, 0.05) is 33.0 Å². The number of aliphatic hydroxyl groups is 3. The standard InChI is InChI=1S/C34H22O22/c35-6-1-4-9(20(40)17(6)37)11-15-13-14-16(33(50)55-27(13)25(45)22(11)42)12(23(43)26(46)28(14)54-32(15)49)10-5(2-7(36)18(38)21(10)41)31(48)56-29-24(44)19(39)8(53-34(29)51)3-52-30(4)47/h1-2,8,19,24,29,34-46,51H,3H2/t8-,19-,24+,29-,34-/m1/s1. The molecule has 13 N–H and O–H groups in total. The minimum absolute atomic E-state index is 0.413. The number of phenols is 10. The number of rotatable bonds is 0. The highest BCUT2D eigenvalue weighted by Crippen LogP contribution is 2.58. The molecule has 1 saturated heterocycles. The molecule has 0 amide bonds. The third kappa shape index (κ3) is 4.57. The Hall–Kier alpha value is -7.40. The van der Waals surface area contributed by atoms with Gasteiger partial charge in [-0.05, 0) is 12.1 Å². The number of fused-ring (bicyclic) bond motifs is 5. The van der Waals surface area contributed by atoms with Gasteiger partial charge in [0.05, 0.1) is 21.9 Å². The van der Waals surface area contributed by atoms with Gasteiger partial charge < -0.3 is 89.4 Å². The monoisotopic (exact) mass is 782 g/mol. The summed E-state index contributed by atoms with van der Waals surface area (Å²) < 4.78 is 26.0. The summed E-state index contributed by atoms with van der Waals surface area (Å²) in [6, 6.07) is 0.877. The average molecular weight is 783 g/mol. The summed E-state index contributed by atoms with van der Waals surface area (Å²) >= 11 is 0. The minimum Gasteiger partial charge on any atom is -0.504 e. The van der Waals surface area contributed by atoms with Crippen LogP contribution in [0.15, 0.2) is 30.6 Å². The summed E-state index contributed by atoms with van der Waals surface area (Å²) in [5.41, 5.74) is -11.9. The Labute approximate surface area is 304 Å². The Morgan fingerprint density at radius 2 is 0.929 bits per heavy atom. The van der Waals surface area contributed by atoms with Crippen LogP contribution in [0.4, 0.5) is 0 Å². The number of phenolic OH excluding ortho intramolecular Hbond substituents is 10. The van der Waals surface area contributed by atoms with Crippen molar-refractivity contribution in [3.05, 3.63) is 44.1 Å². The molecule has 3 aliphatic heterocycles. The lowest BCUT2D eigenvalue weighted by molar-refractivity contribution is -0.285. The average Bonchev–Trinajstić information content (AvgIpc) is 3.15. The van der Waals surface area contributed by atoms with Crippen molar-refractivity contribution < 1.29 is 99.0 Å². The fraction of sp³-hybridized carbons (Fsp3) is 0.176. The second-order valence-corrected chi connectivity index (χ2v) is 12.6. The molecular weight excluding hydrogens is 760 g/mol. The molecule has 1 fully saturated rings. The van der Waals surface area contributed by atoms with E-state index in [4.69, 9.17) is 23.0 Å². The Kier molecular flexibility index (Phi) is 7.50. The maximum atomic E-state index is 13.9. The molecule has 0 aliphatic carbocycles. The van der Waals surface area contributed by atoms with Gasteiger partial charge in [-0.25, -0.2) is 19.2 Å². The highest BCUT2D eigenvalue weighted by Gasteiger charge is 2.48. The van der Waals surface area contributed by atoms with Gasteiger partial charge in [-0.15, -0.1) is 0 Å². The minimum atomic E-state index is -2.36. The fourth-order valence-corrected chi connectivity index (χ4v) is 6.99. The van der Waals surface area contributed by atoms with Gasteiger partial charge in [-0.2, -0.15) is 0 Å². The van der Waals surface area contributed by atoms with Gasteiger partial charge in [-0.1, -0.05) is 0 Å². The molecule has 5 heterocycles. The van der Waals surface area contributed by atoms with Crippen molar-refractivity contribution in [1.82, 2.24) is 0 Å². The van der Waals surface area contributed by atoms with E-state index in [-0.39, 0.29) is 0 Å². The summed E-state index contributed by atoms with van der Waals surface area (Å²) in [7, 11) is 0. The molecule has 290 valence electrons. The van der Waals surface area contributed by atoms with E-state index in [0.717, 1.165) is 0 Å². The molecule has 56 heavy (non-hydrogen) atoms. The Morgan fingerprint density at radius 3 is 1.39 bits per heavy atom. The first kappa shape index (κ1) is 35.6. The van der Waals surface area contributed by atoms with Crippen molar-refractivity contribution in [2.75, 3.05) is 6.61 Å². The lowest BCUT2D eigenvalue weighted by Gasteiger charge is -2.39.